The summed E-state index contributed by atoms with van der Waals surface area (Å²) in [5.41, 5.74) is 0.205. The van der Waals surface area contributed by atoms with Crippen molar-refractivity contribution >= 4 is 34.0 Å². The van der Waals surface area contributed by atoms with Crippen LogP contribution in [-0.4, -0.2) is 24.1 Å². The van der Waals surface area contributed by atoms with Gasteiger partial charge in [0.05, 0.1) is 10.7 Å². The van der Waals surface area contributed by atoms with Crippen LogP contribution in [0, 0.1) is 0 Å². The lowest BCUT2D eigenvalue weighted by Gasteiger charge is -2.20. The van der Waals surface area contributed by atoms with E-state index in [2.05, 4.69) is 10.3 Å². The molecule has 7 heteroatoms. The summed E-state index contributed by atoms with van der Waals surface area (Å²) in [5, 5.41) is 4.22. The highest BCUT2D eigenvalue weighted by atomic mass is 35.5. The van der Waals surface area contributed by atoms with Crippen molar-refractivity contribution in [2.24, 2.45) is 0 Å². The largest absolute Gasteiger partial charge is 0.486 e. The molecular formula is C18H13ClN2O4. The van der Waals surface area contributed by atoms with Crippen LogP contribution >= 0.6 is 11.6 Å². The topological polar surface area (TPSA) is 80.4 Å². The number of pyridine rings is 1. The third-order valence-electron chi connectivity index (χ3n) is 3.88. The van der Waals surface area contributed by atoms with Crippen LogP contribution in [0.15, 0.2) is 47.3 Å². The van der Waals surface area contributed by atoms with Gasteiger partial charge >= 0.3 is 0 Å². The molecule has 2 heterocycles. The average Bonchev–Trinajstić information content (AvgIpc) is 2.62. The molecule has 25 heavy (non-hydrogen) atoms. The first-order valence-corrected chi connectivity index (χ1v) is 8.02. The van der Waals surface area contributed by atoms with Crippen LogP contribution in [-0.2, 0) is 0 Å². The third kappa shape index (κ3) is 2.92. The average molecular weight is 357 g/mol. The van der Waals surface area contributed by atoms with Gasteiger partial charge in [0, 0.05) is 17.5 Å². The Bertz CT molecular complexity index is 1040. The number of carbonyl (C=O) groups excluding carboxylic acids is 1. The number of H-pyrrole nitrogens is 1. The van der Waals surface area contributed by atoms with E-state index in [1.165, 1.54) is 0 Å². The minimum Gasteiger partial charge on any atom is -0.486 e. The second-order valence-electron chi connectivity index (χ2n) is 5.53. The van der Waals surface area contributed by atoms with Crippen molar-refractivity contribution in [1.29, 1.82) is 0 Å². The fraction of sp³-hybridized carbons (Fsp3) is 0.111. The normalized spacial score (nSPS) is 12.8. The highest BCUT2D eigenvalue weighted by molar-refractivity contribution is 6.34. The fourth-order valence-corrected chi connectivity index (χ4v) is 2.88. The van der Waals surface area contributed by atoms with E-state index in [0.29, 0.717) is 46.2 Å². The van der Waals surface area contributed by atoms with E-state index >= 15 is 0 Å². The molecule has 1 aliphatic heterocycles. The summed E-state index contributed by atoms with van der Waals surface area (Å²) < 4.78 is 10.9. The zero-order valence-corrected chi connectivity index (χ0v) is 13.7. The van der Waals surface area contributed by atoms with Gasteiger partial charge in [-0.15, -0.1) is 0 Å². The molecule has 4 rings (SSSR count). The Morgan fingerprint density at radius 1 is 1.08 bits per heavy atom. The molecule has 3 aromatic rings. The van der Waals surface area contributed by atoms with Crippen LogP contribution in [0.3, 0.4) is 0 Å². The first-order chi connectivity index (χ1) is 12.1. The van der Waals surface area contributed by atoms with Gasteiger partial charge in [-0.05, 0) is 17.5 Å². The van der Waals surface area contributed by atoms with Crippen LogP contribution in [0.4, 0.5) is 5.69 Å². The number of amides is 1. The molecule has 1 amide bonds. The van der Waals surface area contributed by atoms with Crippen molar-refractivity contribution in [2.45, 2.75) is 0 Å². The molecular weight excluding hydrogens is 344 g/mol. The number of halogens is 1. The number of hydrogen-bond donors (Lipinski definition) is 2. The molecule has 1 aliphatic rings. The lowest BCUT2D eigenvalue weighted by Crippen LogP contribution is -2.20. The van der Waals surface area contributed by atoms with E-state index in [4.69, 9.17) is 21.1 Å². The van der Waals surface area contributed by atoms with Crippen LogP contribution in [0.5, 0.6) is 11.5 Å². The minimum absolute atomic E-state index is 0.148. The van der Waals surface area contributed by atoms with Crippen LogP contribution in [0.1, 0.15) is 10.5 Å². The first kappa shape index (κ1) is 15.5. The maximum absolute atomic E-state index is 12.5. The molecule has 2 aromatic carbocycles. The standard InChI is InChI=1S/C18H13ClN2O4/c19-12-8-15-16(25-6-5-24-15)9-13(12)20-18(23)14-7-10-3-1-2-4-11(10)17(22)21-14/h1-4,7-9H,5-6H2,(H,20,23)(H,21,22). The second kappa shape index (κ2) is 6.14. The molecule has 0 aliphatic carbocycles. The predicted molar refractivity (Wildman–Crippen MR) is 95.0 cm³/mol. The lowest BCUT2D eigenvalue weighted by molar-refractivity contribution is 0.102. The van der Waals surface area contributed by atoms with Crippen molar-refractivity contribution in [1.82, 2.24) is 4.98 Å². The monoisotopic (exact) mass is 356 g/mol. The molecule has 6 nitrogen and oxygen atoms in total. The number of hydrogen-bond acceptors (Lipinski definition) is 4. The second-order valence-corrected chi connectivity index (χ2v) is 5.94. The number of ether oxygens (including phenoxy) is 2. The molecule has 0 bridgehead atoms. The van der Waals surface area contributed by atoms with Crippen LogP contribution < -0.4 is 20.3 Å². The SMILES string of the molecule is O=C(Nc1cc2c(cc1Cl)OCCO2)c1cc2ccccc2c(=O)[nH]1. The number of aromatic nitrogens is 1. The summed E-state index contributed by atoms with van der Waals surface area (Å²) in [6, 6.07) is 11.9. The van der Waals surface area contributed by atoms with Crippen molar-refractivity contribution in [3.8, 4) is 11.5 Å². The smallest absolute Gasteiger partial charge is 0.272 e. The number of carbonyl (C=O) groups is 1. The molecule has 0 fully saturated rings. The van der Waals surface area contributed by atoms with Crippen LogP contribution in [0.2, 0.25) is 5.02 Å². The van der Waals surface area contributed by atoms with Gasteiger partial charge < -0.3 is 19.8 Å². The zero-order valence-electron chi connectivity index (χ0n) is 13.0. The molecule has 0 saturated carbocycles. The number of fused-ring (bicyclic) bond motifs is 2. The van der Waals surface area contributed by atoms with E-state index in [-0.39, 0.29) is 11.3 Å². The summed E-state index contributed by atoms with van der Waals surface area (Å²) in [4.78, 5) is 27.2. The molecule has 126 valence electrons. The molecule has 2 N–H and O–H groups in total. The van der Waals surface area contributed by atoms with Crippen molar-refractivity contribution in [2.75, 3.05) is 18.5 Å². The van der Waals surface area contributed by atoms with Gasteiger partial charge in [-0.25, -0.2) is 0 Å². The summed E-state index contributed by atoms with van der Waals surface area (Å²) in [6.45, 7) is 0.882. The highest BCUT2D eigenvalue weighted by Crippen LogP contribution is 2.38. The quantitative estimate of drug-likeness (QED) is 0.739. The van der Waals surface area contributed by atoms with E-state index in [0.717, 1.165) is 0 Å². The third-order valence-corrected chi connectivity index (χ3v) is 4.19. The minimum atomic E-state index is -0.471. The fourth-order valence-electron chi connectivity index (χ4n) is 2.68. The van der Waals surface area contributed by atoms with E-state index in [9.17, 15) is 9.59 Å². The zero-order chi connectivity index (χ0) is 17.4. The maximum Gasteiger partial charge on any atom is 0.272 e. The highest BCUT2D eigenvalue weighted by Gasteiger charge is 2.17. The maximum atomic E-state index is 12.5. The number of anilines is 1. The van der Waals surface area contributed by atoms with Gasteiger partial charge in [0.1, 0.15) is 18.9 Å². The van der Waals surface area contributed by atoms with E-state index in [1.807, 2.05) is 0 Å². The molecule has 0 saturated heterocycles. The Balaban J connectivity index is 1.67. The molecule has 1 aromatic heterocycles. The summed E-state index contributed by atoms with van der Waals surface area (Å²) in [7, 11) is 0. The van der Waals surface area contributed by atoms with E-state index in [1.54, 1.807) is 42.5 Å². The Labute approximate surface area is 147 Å². The Morgan fingerprint density at radius 3 is 2.60 bits per heavy atom. The van der Waals surface area contributed by atoms with E-state index < -0.39 is 5.91 Å². The van der Waals surface area contributed by atoms with Crippen LogP contribution in [0.25, 0.3) is 10.8 Å². The summed E-state index contributed by atoms with van der Waals surface area (Å²) in [6.07, 6.45) is 0. The van der Waals surface area contributed by atoms with Gasteiger partial charge in [0.15, 0.2) is 11.5 Å². The number of nitrogens with one attached hydrogen (secondary N) is 2. The van der Waals surface area contributed by atoms with Crippen molar-refractivity contribution in [3.05, 3.63) is 63.5 Å². The van der Waals surface area contributed by atoms with Crippen molar-refractivity contribution < 1.29 is 14.3 Å². The van der Waals surface area contributed by atoms with Crippen molar-refractivity contribution in [3.63, 3.8) is 0 Å². The predicted octanol–water partition coefficient (Wildman–Crippen LogP) is 3.21. The number of rotatable bonds is 2. The summed E-state index contributed by atoms with van der Waals surface area (Å²) >= 11 is 6.20. The van der Waals surface area contributed by atoms with Gasteiger partial charge in [-0.3, -0.25) is 9.59 Å². The molecule has 0 spiro atoms. The molecule has 0 radical (unpaired) electrons. The van der Waals surface area contributed by atoms with Gasteiger partial charge in [0.2, 0.25) is 0 Å². The summed E-state index contributed by atoms with van der Waals surface area (Å²) in [5.74, 6) is 0.577. The van der Waals surface area contributed by atoms with Gasteiger partial charge in [-0.1, -0.05) is 29.8 Å². The number of aromatic amines is 1. The molecule has 0 atom stereocenters. The first-order valence-electron chi connectivity index (χ1n) is 7.64. The van der Waals surface area contributed by atoms with Gasteiger partial charge in [0.25, 0.3) is 11.5 Å². The van der Waals surface area contributed by atoms with Gasteiger partial charge in [-0.2, -0.15) is 0 Å². The molecule has 0 unspecified atom stereocenters. The Morgan fingerprint density at radius 2 is 1.80 bits per heavy atom. The Kier molecular flexibility index (Phi) is 3.82. The Hall–Kier alpha value is -2.99. The lowest BCUT2D eigenvalue weighted by atomic mass is 10.1. The number of benzene rings is 2.